The maximum atomic E-state index is 11.9. The zero-order valence-corrected chi connectivity index (χ0v) is 20.5. The summed E-state index contributed by atoms with van der Waals surface area (Å²) in [6.45, 7) is 0. The monoisotopic (exact) mass is 529 g/mol. The standard InChI is InChI=1S/C29H20NO3.ClHO4/c31-28-17-18-29(32)30(28)25-15-13-21(14-16-25)11-12-22-19-26(23-7-3-1-4-8-23)33-27(20-22)24-9-5-2-6-10-24;2-1(3,4)5/h1-20H;(H,2,3,4,5)/q+1;/p-1/b12-11+;. The van der Waals surface area contributed by atoms with Crippen molar-refractivity contribution in [1.29, 1.82) is 0 Å². The second-order valence-electron chi connectivity index (χ2n) is 8.00. The molecule has 8 nitrogen and oxygen atoms in total. The Kier molecular flexibility index (Phi) is 8.22. The average molecular weight is 530 g/mol. The van der Waals surface area contributed by atoms with E-state index in [-0.39, 0.29) is 11.8 Å². The van der Waals surface area contributed by atoms with E-state index in [1.807, 2.05) is 97.1 Å². The largest absolute Gasteiger partial charge is 0.361 e. The molecule has 0 N–H and O–H groups in total. The number of rotatable bonds is 5. The Hall–Kier alpha value is -4.44. The van der Waals surface area contributed by atoms with Gasteiger partial charge in [0.2, 0.25) is 0 Å². The Morgan fingerprint density at radius 3 is 1.47 bits per heavy atom. The molecule has 4 aromatic rings. The molecule has 1 aromatic heterocycles. The molecule has 38 heavy (non-hydrogen) atoms. The molecule has 2 amide bonds. The van der Waals surface area contributed by atoms with Gasteiger partial charge in [-0.3, -0.25) is 9.59 Å². The molecule has 1 aliphatic heterocycles. The van der Waals surface area contributed by atoms with Gasteiger partial charge in [-0.1, -0.05) is 60.7 Å². The van der Waals surface area contributed by atoms with E-state index in [1.165, 1.54) is 12.2 Å². The Bertz CT molecular complexity index is 1400. The van der Waals surface area contributed by atoms with Crippen LogP contribution in [0.25, 0.3) is 34.8 Å². The van der Waals surface area contributed by atoms with Crippen LogP contribution in [0.2, 0.25) is 0 Å². The normalized spacial score (nSPS) is 13.1. The molecular formula is C29H20ClNO7. The predicted molar refractivity (Wildman–Crippen MR) is 131 cm³/mol. The molecule has 0 saturated carbocycles. The Morgan fingerprint density at radius 2 is 1.03 bits per heavy atom. The summed E-state index contributed by atoms with van der Waals surface area (Å²) in [5.74, 6) is 0.924. The number of carbonyl (C=O) groups excluding carboxylic acids is 2. The zero-order chi connectivity index (χ0) is 27.1. The summed E-state index contributed by atoms with van der Waals surface area (Å²) in [5, 5.41) is 0. The van der Waals surface area contributed by atoms with Gasteiger partial charge < -0.3 is 0 Å². The molecule has 3 aromatic carbocycles. The third kappa shape index (κ3) is 7.30. The van der Waals surface area contributed by atoms with Gasteiger partial charge in [-0.25, -0.2) is 28.0 Å². The fraction of sp³-hybridized carbons (Fsp3) is 0. The minimum absolute atomic E-state index is 0.321. The number of amides is 2. The zero-order valence-electron chi connectivity index (χ0n) is 19.7. The summed E-state index contributed by atoms with van der Waals surface area (Å²) in [5.41, 5.74) is 4.51. The highest BCUT2D eigenvalue weighted by atomic mass is 35.7. The molecule has 0 bridgehead atoms. The summed E-state index contributed by atoms with van der Waals surface area (Å²) in [6, 6.07) is 31.3. The first-order valence-corrected chi connectivity index (χ1v) is 12.5. The summed E-state index contributed by atoms with van der Waals surface area (Å²) in [6.07, 6.45) is 6.59. The van der Waals surface area contributed by atoms with Crippen LogP contribution in [0, 0.1) is 10.2 Å². The number of hydrogen-bond acceptors (Lipinski definition) is 6. The van der Waals surface area contributed by atoms with Crippen LogP contribution in [0.5, 0.6) is 0 Å². The van der Waals surface area contributed by atoms with Crippen molar-refractivity contribution < 1.29 is 42.9 Å². The molecule has 190 valence electrons. The molecule has 0 unspecified atom stereocenters. The molecule has 9 heteroatoms. The van der Waals surface area contributed by atoms with Crippen molar-refractivity contribution in [3.8, 4) is 22.6 Å². The second-order valence-corrected chi connectivity index (χ2v) is 8.76. The van der Waals surface area contributed by atoms with Gasteiger partial charge in [-0.2, -0.15) is 0 Å². The Labute approximate surface area is 220 Å². The smallest absolute Gasteiger partial charge is 0.269 e. The van der Waals surface area contributed by atoms with Crippen molar-refractivity contribution >= 4 is 29.7 Å². The summed E-state index contributed by atoms with van der Waals surface area (Å²) < 4.78 is 40.2. The highest BCUT2D eigenvalue weighted by molar-refractivity contribution is 6.28. The van der Waals surface area contributed by atoms with E-state index in [0.717, 1.165) is 38.7 Å². The van der Waals surface area contributed by atoms with Crippen LogP contribution in [0.1, 0.15) is 11.1 Å². The predicted octanol–water partition coefficient (Wildman–Crippen LogP) is 1.74. The van der Waals surface area contributed by atoms with Crippen LogP contribution in [0.4, 0.5) is 5.69 Å². The first-order valence-electron chi connectivity index (χ1n) is 11.2. The first-order chi connectivity index (χ1) is 18.2. The molecule has 2 heterocycles. The Morgan fingerprint density at radius 1 is 0.605 bits per heavy atom. The van der Waals surface area contributed by atoms with Gasteiger partial charge >= 0.3 is 11.5 Å². The van der Waals surface area contributed by atoms with E-state index in [4.69, 9.17) is 23.1 Å². The Balaban J connectivity index is 0.000000617. The van der Waals surface area contributed by atoms with Crippen LogP contribution in [0.15, 0.2) is 114 Å². The van der Waals surface area contributed by atoms with Gasteiger partial charge in [0.25, 0.3) is 11.8 Å². The molecule has 0 saturated heterocycles. The lowest BCUT2D eigenvalue weighted by Crippen LogP contribution is -2.68. The van der Waals surface area contributed by atoms with Crippen LogP contribution in [-0.4, -0.2) is 11.8 Å². The van der Waals surface area contributed by atoms with E-state index >= 15 is 0 Å². The molecule has 1 aliphatic rings. The van der Waals surface area contributed by atoms with Gasteiger partial charge in [0.1, 0.15) is 0 Å². The number of nitrogens with zero attached hydrogens (tertiary/aromatic N) is 1. The van der Waals surface area contributed by atoms with Crippen molar-refractivity contribution in [3.05, 3.63) is 120 Å². The van der Waals surface area contributed by atoms with Crippen molar-refractivity contribution in [2.75, 3.05) is 4.90 Å². The molecular weight excluding hydrogens is 510 g/mol. The molecule has 0 aliphatic carbocycles. The number of carbonyl (C=O) groups is 2. The van der Waals surface area contributed by atoms with Crippen molar-refractivity contribution in [1.82, 2.24) is 0 Å². The number of benzene rings is 3. The van der Waals surface area contributed by atoms with Crippen molar-refractivity contribution in [3.63, 3.8) is 0 Å². The number of hydrogen-bond donors (Lipinski definition) is 0. The van der Waals surface area contributed by atoms with E-state index in [2.05, 4.69) is 0 Å². The van der Waals surface area contributed by atoms with E-state index in [1.54, 1.807) is 12.1 Å². The van der Waals surface area contributed by atoms with Gasteiger partial charge in [0.05, 0.1) is 28.9 Å². The van der Waals surface area contributed by atoms with Crippen LogP contribution in [0.3, 0.4) is 0 Å². The molecule has 0 fully saturated rings. The second kappa shape index (κ2) is 11.7. The molecule has 5 rings (SSSR count). The molecule has 0 atom stereocenters. The fourth-order valence-electron chi connectivity index (χ4n) is 3.69. The van der Waals surface area contributed by atoms with Crippen molar-refractivity contribution in [2.24, 2.45) is 0 Å². The lowest BCUT2D eigenvalue weighted by Gasteiger charge is -2.17. The van der Waals surface area contributed by atoms with Crippen LogP contribution >= 0.6 is 0 Å². The van der Waals surface area contributed by atoms with Gasteiger partial charge in [-0.15, -0.1) is 10.2 Å². The summed E-state index contributed by atoms with van der Waals surface area (Å²) in [4.78, 5) is 24.9. The lowest BCUT2D eigenvalue weighted by atomic mass is 10.1. The maximum absolute atomic E-state index is 11.9. The summed E-state index contributed by atoms with van der Waals surface area (Å²) in [7, 11) is -4.94. The maximum Gasteiger partial charge on any atom is 0.361 e. The third-order valence-corrected chi connectivity index (χ3v) is 5.36. The number of anilines is 1. The minimum atomic E-state index is -4.94. The molecule has 0 spiro atoms. The fourth-order valence-corrected chi connectivity index (χ4v) is 3.69. The van der Waals surface area contributed by atoms with E-state index in [9.17, 15) is 9.59 Å². The van der Waals surface area contributed by atoms with E-state index < -0.39 is 10.2 Å². The number of imide groups is 1. The highest BCUT2D eigenvalue weighted by Gasteiger charge is 2.24. The third-order valence-electron chi connectivity index (χ3n) is 5.36. The van der Waals surface area contributed by atoms with E-state index in [0.29, 0.717) is 5.69 Å². The number of halogens is 1. The first kappa shape index (κ1) is 26.6. The lowest BCUT2D eigenvalue weighted by molar-refractivity contribution is -2.00. The molecule has 0 radical (unpaired) electrons. The SMILES string of the molecule is O=C1C=CC(=O)N1c1ccc(/C=C/c2cc(-c3ccccc3)[o+]c(-c3ccccc3)c2)cc1.[O-][Cl+3]([O-])([O-])[O-]. The van der Waals surface area contributed by atoms with Gasteiger partial charge in [-0.05, 0) is 47.5 Å². The van der Waals surface area contributed by atoms with Crippen molar-refractivity contribution in [2.45, 2.75) is 0 Å². The highest BCUT2D eigenvalue weighted by Crippen LogP contribution is 2.29. The average Bonchev–Trinajstić information content (AvgIpc) is 3.25. The van der Waals surface area contributed by atoms with Gasteiger partial charge in [0.15, 0.2) is 0 Å². The van der Waals surface area contributed by atoms with Gasteiger partial charge in [0, 0.05) is 12.2 Å². The summed E-state index contributed by atoms with van der Waals surface area (Å²) >= 11 is 0. The minimum Gasteiger partial charge on any atom is -0.269 e. The topological polar surface area (TPSA) is 141 Å². The quantitative estimate of drug-likeness (QED) is 0.283. The van der Waals surface area contributed by atoms with Crippen LogP contribution in [-0.2, 0) is 9.59 Å². The van der Waals surface area contributed by atoms with Crippen LogP contribution < -0.4 is 23.5 Å².